The van der Waals surface area contributed by atoms with Gasteiger partial charge in [0.2, 0.25) is 0 Å². The largest absolute Gasteiger partial charge is 0.493 e. The normalized spacial score (nSPS) is 10.2. The van der Waals surface area contributed by atoms with Crippen LogP contribution in [0.15, 0.2) is 16.6 Å². The molecular weight excluding hydrogens is 304 g/mol. The monoisotopic (exact) mass is 318 g/mol. The number of methoxy groups -OCH3 is 1. The van der Waals surface area contributed by atoms with Gasteiger partial charge in [-0.05, 0) is 35.0 Å². The average Bonchev–Trinajstić information content (AvgIpc) is 2.35. The van der Waals surface area contributed by atoms with Crippen LogP contribution in [0, 0.1) is 0 Å². The van der Waals surface area contributed by atoms with Crippen molar-refractivity contribution < 1.29 is 24.1 Å². The van der Waals surface area contributed by atoms with Gasteiger partial charge in [0.1, 0.15) is 6.61 Å². The molecule has 6 heteroatoms. The number of rotatable bonds is 7. The number of hydrogen-bond acceptors (Lipinski definition) is 4. The van der Waals surface area contributed by atoms with Gasteiger partial charge < -0.3 is 19.3 Å². The van der Waals surface area contributed by atoms with Gasteiger partial charge in [-0.25, -0.2) is 4.79 Å². The molecule has 0 spiro atoms. The minimum atomic E-state index is -1.02. The number of carbonyl (C=O) groups is 1. The molecular formula is C12H15BrO5. The minimum Gasteiger partial charge on any atom is -0.493 e. The van der Waals surface area contributed by atoms with Crippen molar-refractivity contribution >= 4 is 21.9 Å². The maximum atomic E-state index is 10.9. The van der Waals surface area contributed by atoms with E-state index in [9.17, 15) is 4.79 Å². The summed E-state index contributed by atoms with van der Waals surface area (Å²) in [6, 6.07) is 2.89. The molecule has 18 heavy (non-hydrogen) atoms. The highest BCUT2D eigenvalue weighted by Crippen LogP contribution is 2.36. The quantitative estimate of drug-likeness (QED) is 0.783. The van der Waals surface area contributed by atoms with Gasteiger partial charge in [-0.2, -0.15) is 0 Å². The Labute approximate surface area is 114 Å². The fourth-order valence-corrected chi connectivity index (χ4v) is 1.89. The summed E-state index contributed by atoms with van der Waals surface area (Å²) in [6.07, 6.45) is 0. The second kappa shape index (κ2) is 7.23. The zero-order valence-electron chi connectivity index (χ0n) is 10.2. The number of carboxylic acid groups (broad SMARTS) is 1. The summed E-state index contributed by atoms with van der Waals surface area (Å²) < 4.78 is 16.3. The van der Waals surface area contributed by atoms with Gasteiger partial charge in [-0.15, -0.1) is 0 Å². The predicted octanol–water partition coefficient (Wildman–Crippen LogP) is 2.57. The summed E-state index contributed by atoms with van der Waals surface area (Å²) in [5, 5.41) is 8.93. The fraction of sp³-hybridized carbons (Fsp3) is 0.417. The molecule has 0 aliphatic carbocycles. The van der Waals surface area contributed by atoms with Gasteiger partial charge in [-0.1, -0.05) is 0 Å². The Kier molecular flexibility index (Phi) is 5.94. The standard InChI is InChI=1S/C12H15BrO5/c1-3-17-4-5-18-11-9(13)6-8(12(14)15)7-10(11)16-2/h6-7H,3-5H2,1-2H3,(H,14,15). The van der Waals surface area contributed by atoms with Crippen molar-refractivity contribution in [2.45, 2.75) is 6.92 Å². The summed E-state index contributed by atoms with van der Waals surface area (Å²) in [5.74, 6) is -0.171. The number of carboxylic acids is 1. The highest BCUT2D eigenvalue weighted by molar-refractivity contribution is 9.10. The van der Waals surface area contributed by atoms with E-state index in [0.717, 1.165) is 0 Å². The van der Waals surface area contributed by atoms with Gasteiger partial charge in [0, 0.05) is 6.61 Å². The van der Waals surface area contributed by atoms with E-state index in [4.69, 9.17) is 19.3 Å². The molecule has 0 amide bonds. The van der Waals surface area contributed by atoms with Crippen LogP contribution in [0.25, 0.3) is 0 Å². The number of ether oxygens (including phenoxy) is 3. The molecule has 0 radical (unpaired) electrons. The third kappa shape index (κ3) is 3.89. The van der Waals surface area contributed by atoms with Gasteiger partial charge in [0.25, 0.3) is 0 Å². The molecule has 0 saturated carbocycles. The summed E-state index contributed by atoms with van der Waals surface area (Å²) in [7, 11) is 1.46. The summed E-state index contributed by atoms with van der Waals surface area (Å²) in [5.41, 5.74) is 0.135. The first kappa shape index (κ1) is 14.8. The Balaban J connectivity index is 2.86. The molecule has 5 nitrogen and oxygen atoms in total. The molecule has 100 valence electrons. The smallest absolute Gasteiger partial charge is 0.335 e. The topological polar surface area (TPSA) is 65.0 Å². The summed E-state index contributed by atoms with van der Waals surface area (Å²) in [6.45, 7) is 3.36. The Bertz CT molecular complexity index is 419. The van der Waals surface area contributed by atoms with Crippen LogP contribution in [-0.4, -0.2) is 38.0 Å². The third-order valence-electron chi connectivity index (χ3n) is 2.15. The maximum absolute atomic E-state index is 10.9. The van der Waals surface area contributed by atoms with Gasteiger partial charge >= 0.3 is 5.97 Å². The minimum absolute atomic E-state index is 0.135. The van der Waals surface area contributed by atoms with E-state index in [1.165, 1.54) is 19.2 Å². The first-order chi connectivity index (χ1) is 8.60. The van der Waals surface area contributed by atoms with Crippen LogP contribution < -0.4 is 9.47 Å². The molecule has 1 aromatic carbocycles. The maximum Gasteiger partial charge on any atom is 0.335 e. The van der Waals surface area contributed by atoms with Crippen molar-refractivity contribution in [2.24, 2.45) is 0 Å². The van der Waals surface area contributed by atoms with Crippen LogP contribution in [0.5, 0.6) is 11.5 Å². The molecule has 0 heterocycles. The van der Waals surface area contributed by atoms with Gasteiger partial charge in [0.05, 0.1) is 23.8 Å². The van der Waals surface area contributed by atoms with E-state index < -0.39 is 5.97 Å². The Morgan fingerprint density at radius 3 is 2.67 bits per heavy atom. The van der Waals surface area contributed by atoms with E-state index in [1.54, 1.807) is 0 Å². The highest BCUT2D eigenvalue weighted by Gasteiger charge is 2.14. The summed E-state index contributed by atoms with van der Waals surface area (Å²) >= 11 is 3.27. The molecule has 1 N–H and O–H groups in total. The number of benzene rings is 1. The molecule has 0 aliphatic rings. The van der Waals surface area contributed by atoms with E-state index in [-0.39, 0.29) is 5.56 Å². The molecule has 0 aromatic heterocycles. The Morgan fingerprint density at radius 1 is 1.39 bits per heavy atom. The SMILES string of the molecule is CCOCCOc1c(Br)cc(C(=O)O)cc1OC. The first-order valence-corrected chi connectivity index (χ1v) is 6.20. The van der Waals surface area contributed by atoms with E-state index >= 15 is 0 Å². The number of halogens is 1. The lowest BCUT2D eigenvalue weighted by Crippen LogP contribution is -2.08. The van der Waals surface area contributed by atoms with E-state index in [1.807, 2.05) is 6.92 Å². The second-order valence-electron chi connectivity index (χ2n) is 3.34. The van der Waals surface area contributed by atoms with Crippen LogP contribution in [0.1, 0.15) is 17.3 Å². The van der Waals surface area contributed by atoms with E-state index in [2.05, 4.69) is 15.9 Å². The van der Waals surface area contributed by atoms with Crippen molar-refractivity contribution in [1.29, 1.82) is 0 Å². The van der Waals surface area contributed by atoms with E-state index in [0.29, 0.717) is 35.8 Å². The lowest BCUT2D eigenvalue weighted by atomic mass is 10.2. The fourth-order valence-electron chi connectivity index (χ4n) is 1.33. The Hall–Kier alpha value is -1.27. The van der Waals surface area contributed by atoms with Crippen LogP contribution in [0.2, 0.25) is 0 Å². The average molecular weight is 319 g/mol. The van der Waals surface area contributed by atoms with Gasteiger partial charge in [0.15, 0.2) is 11.5 Å². The lowest BCUT2D eigenvalue weighted by Gasteiger charge is -2.13. The molecule has 0 aliphatic heterocycles. The van der Waals surface area contributed by atoms with Crippen molar-refractivity contribution in [3.05, 3.63) is 22.2 Å². The molecule has 1 aromatic rings. The van der Waals surface area contributed by atoms with Crippen molar-refractivity contribution in [2.75, 3.05) is 26.9 Å². The van der Waals surface area contributed by atoms with Crippen LogP contribution in [-0.2, 0) is 4.74 Å². The van der Waals surface area contributed by atoms with Crippen LogP contribution in [0.3, 0.4) is 0 Å². The number of aromatic carboxylic acids is 1. The summed E-state index contributed by atoms with van der Waals surface area (Å²) in [4.78, 5) is 10.9. The Morgan fingerprint density at radius 2 is 2.11 bits per heavy atom. The zero-order valence-corrected chi connectivity index (χ0v) is 11.8. The molecule has 0 bridgehead atoms. The number of hydrogen-bond donors (Lipinski definition) is 1. The van der Waals surface area contributed by atoms with Crippen molar-refractivity contribution in [3.8, 4) is 11.5 Å². The lowest BCUT2D eigenvalue weighted by molar-refractivity contribution is 0.0696. The van der Waals surface area contributed by atoms with Crippen molar-refractivity contribution in [3.63, 3.8) is 0 Å². The predicted molar refractivity (Wildman–Crippen MR) is 69.6 cm³/mol. The molecule has 0 atom stereocenters. The first-order valence-electron chi connectivity index (χ1n) is 5.41. The van der Waals surface area contributed by atoms with Crippen LogP contribution >= 0.6 is 15.9 Å². The molecule has 0 unspecified atom stereocenters. The second-order valence-corrected chi connectivity index (χ2v) is 4.19. The van der Waals surface area contributed by atoms with Crippen molar-refractivity contribution in [1.82, 2.24) is 0 Å². The van der Waals surface area contributed by atoms with Crippen LogP contribution in [0.4, 0.5) is 0 Å². The third-order valence-corrected chi connectivity index (χ3v) is 2.74. The van der Waals surface area contributed by atoms with Gasteiger partial charge in [-0.3, -0.25) is 0 Å². The molecule has 0 fully saturated rings. The zero-order chi connectivity index (χ0) is 13.5. The highest BCUT2D eigenvalue weighted by atomic mass is 79.9. The molecule has 0 saturated heterocycles. The molecule has 1 rings (SSSR count).